The number of hydrogen-bond donors (Lipinski definition) is 1. The van der Waals surface area contributed by atoms with Crippen LogP contribution in [0.4, 0.5) is 5.69 Å². The summed E-state index contributed by atoms with van der Waals surface area (Å²) in [6, 6.07) is 15.5. The Morgan fingerprint density at radius 2 is 1.55 bits per heavy atom. The normalized spacial score (nSPS) is 11.2. The zero-order valence-electron chi connectivity index (χ0n) is 12.4. The van der Waals surface area contributed by atoms with Crippen LogP contribution in [0.3, 0.4) is 0 Å². The average molecular weight is 292 g/mol. The van der Waals surface area contributed by atoms with E-state index in [0.717, 1.165) is 16.8 Å². The zero-order chi connectivity index (χ0) is 15.5. The van der Waals surface area contributed by atoms with Gasteiger partial charge in [-0.05, 0) is 38.1 Å². The van der Waals surface area contributed by atoms with E-state index in [0.29, 0.717) is 11.6 Å². The Hall–Kier alpha value is -2.88. The second-order valence-electron chi connectivity index (χ2n) is 5.17. The van der Waals surface area contributed by atoms with E-state index in [9.17, 15) is 5.11 Å². The maximum Gasteiger partial charge on any atom is 0.312 e. The summed E-state index contributed by atoms with van der Waals surface area (Å²) >= 11 is 0. The van der Waals surface area contributed by atoms with Gasteiger partial charge in [-0.25, -0.2) is 4.98 Å². The van der Waals surface area contributed by atoms with Crippen molar-refractivity contribution >= 4 is 11.9 Å². The fourth-order valence-electron chi connectivity index (χ4n) is 1.99. The smallest absolute Gasteiger partial charge is 0.312 e. The molecule has 4 heteroatoms. The van der Waals surface area contributed by atoms with E-state index in [1.54, 1.807) is 0 Å². The molecular weight excluding hydrogens is 276 g/mol. The number of aromatic hydroxyl groups is 1. The first kappa shape index (κ1) is 14.1. The van der Waals surface area contributed by atoms with Gasteiger partial charge >= 0.3 is 5.95 Å². The van der Waals surface area contributed by atoms with Crippen molar-refractivity contribution in [3.63, 3.8) is 0 Å². The number of aryl methyl sites for hydroxylation is 2. The topological polar surface area (TPSA) is 58.6 Å². The Labute approximate surface area is 128 Å². The predicted octanol–water partition coefficient (Wildman–Crippen LogP) is 4.41. The van der Waals surface area contributed by atoms with Crippen molar-refractivity contribution in [1.29, 1.82) is 0 Å². The summed E-state index contributed by atoms with van der Waals surface area (Å²) in [4.78, 5) is 8.57. The fourth-order valence-corrected chi connectivity index (χ4v) is 1.99. The molecule has 110 valence electrons. The molecule has 0 saturated carbocycles. The highest BCUT2D eigenvalue weighted by Gasteiger charge is 2.12. The van der Waals surface area contributed by atoms with E-state index in [4.69, 9.17) is 4.42 Å². The summed E-state index contributed by atoms with van der Waals surface area (Å²) in [5.41, 5.74) is 4.25. The van der Waals surface area contributed by atoms with Crippen LogP contribution in [0.2, 0.25) is 0 Å². The van der Waals surface area contributed by atoms with Gasteiger partial charge in [0.2, 0.25) is 5.89 Å². The molecule has 4 nitrogen and oxygen atoms in total. The summed E-state index contributed by atoms with van der Waals surface area (Å²) in [5.74, 6) is 0.147. The van der Waals surface area contributed by atoms with Gasteiger partial charge in [0.25, 0.3) is 0 Å². The molecule has 2 aromatic carbocycles. The van der Waals surface area contributed by atoms with Crippen molar-refractivity contribution in [2.75, 3.05) is 0 Å². The largest absolute Gasteiger partial charge is 0.479 e. The number of benzene rings is 2. The molecule has 3 aromatic rings. The lowest BCUT2D eigenvalue weighted by Crippen LogP contribution is -1.83. The van der Waals surface area contributed by atoms with Gasteiger partial charge in [-0.2, -0.15) is 0 Å². The quantitative estimate of drug-likeness (QED) is 0.727. The summed E-state index contributed by atoms with van der Waals surface area (Å²) in [5, 5.41) is 9.85. The average Bonchev–Trinajstić information content (AvgIpc) is 2.88. The molecule has 0 atom stereocenters. The van der Waals surface area contributed by atoms with E-state index < -0.39 is 0 Å². The molecule has 0 amide bonds. The predicted molar refractivity (Wildman–Crippen MR) is 86.8 cm³/mol. The standard InChI is InChI=1S/C18H16N2O2/c1-12-3-7-14(8-4-12)17-20-16(18(21)22-17)11-19-15-9-5-13(2)6-10-15/h3-11,21H,1-2H3. The molecule has 1 N–H and O–H groups in total. The molecule has 0 aliphatic heterocycles. The molecule has 0 aliphatic rings. The van der Waals surface area contributed by atoms with Crippen LogP contribution in [-0.2, 0) is 0 Å². The van der Waals surface area contributed by atoms with E-state index in [1.165, 1.54) is 11.8 Å². The van der Waals surface area contributed by atoms with Gasteiger partial charge < -0.3 is 9.52 Å². The maximum absolute atomic E-state index is 9.85. The molecule has 0 bridgehead atoms. The highest BCUT2D eigenvalue weighted by Crippen LogP contribution is 2.26. The number of oxazole rings is 1. The van der Waals surface area contributed by atoms with Crippen molar-refractivity contribution < 1.29 is 9.52 Å². The minimum absolute atomic E-state index is 0.230. The monoisotopic (exact) mass is 292 g/mol. The van der Waals surface area contributed by atoms with Gasteiger partial charge in [0.05, 0.1) is 11.9 Å². The third-order valence-corrected chi connectivity index (χ3v) is 3.30. The molecule has 0 saturated heterocycles. The van der Waals surface area contributed by atoms with Crippen molar-refractivity contribution in [3.05, 3.63) is 65.4 Å². The fraction of sp³-hybridized carbons (Fsp3) is 0.111. The lowest BCUT2D eigenvalue weighted by atomic mass is 10.1. The number of aliphatic imine (C=N–C) groups is 1. The zero-order valence-corrected chi connectivity index (χ0v) is 12.4. The van der Waals surface area contributed by atoms with E-state index in [1.807, 2.05) is 62.4 Å². The molecule has 0 fully saturated rings. The summed E-state index contributed by atoms with van der Waals surface area (Å²) in [6.45, 7) is 4.03. The first-order valence-electron chi connectivity index (χ1n) is 6.99. The van der Waals surface area contributed by atoms with Crippen LogP contribution in [-0.4, -0.2) is 16.3 Å². The van der Waals surface area contributed by atoms with Crippen LogP contribution in [0.25, 0.3) is 11.5 Å². The van der Waals surface area contributed by atoms with Crippen molar-refractivity contribution in [1.82, 2.24) is 4.98 Å². The van der Waals surface area contributed by atoms with Gasteiger partial charge in [0.15, 0.2) is 5.69 Å². The highest BCUT2D eigenvalue weighted by molar-refractivity contribution is 5.82. The van der Waals surface area contributed by atoms with Crippen LogP contribution >= 0.6 is 0 Å². The number of nitrogens with zero attached hydrogens (tertiary/aromatic N) is 2. The van der Waals surface area contributed by atoms with Crippen LogP contribution in [0.1, 0.15) is 16.8 Å². The first-order chi connectivity index (χ1) is 10.6. The SMILES string of the molecule is Cc1ccc(N=Cc2nc(-c3ccc(C)cc3)oc2O)cc1. The van der Waals surface area contributed by atoms with Gasteiger partial charge in [-0.15, -0.1) is 0 Å². The summed E-state index contributed by atoms with van der Waals surface area (Å²) in [7, 11) is 0. The Kier molecular flexibility index (Phi) is 3.74. The van der Waals surface area contributed by atoms with Gasteiger partial charge in [-0.1, -0.05) is 35.4 Å². The Morgan fingerprint density at radius 3 is 2.18 bits per heavy atom. The van der Waals surface area contributed by atoms with Crippen LogP contribution in [0, 0.1) is 13.8 Å². The molecule has 0 radical (unpaired) electrons. The van der Waals surface area contributed by atoms with Gasteiger partial charge in [-0.3, -0.25) is 4.99 Å². The van der Waals surface area contributed by atoms with Gasteiger partial charge in [0.1, 0.15) is 0 Å². The van der Waals surface area contributed by atoms with E-state index in [-0.39, 0.29) is 5.95 Å². The van der Waals surface area contributed by atoms with Crippen molar-refractivity contribution in [3.8, 4) is 17.4 Å². The summed E-state index contributed by atoms with van der Waals surface area (Å²) < 4.78 is 5.30. The second kappa shape index (κ2) is 5.85. The highest BCUT2D eigenvalue weighted by atomic mass is 16.5. The lowest BCUT2D eigenvalue weighted by Gasteiger charge is -1.95. The molecule has 22 heavy (non-hydrogen) atoms. The van der Waals surface area contributed by atoms with E-state index in [2.05, 4.69) is 9.98 Å². The number of hydrogen-bond acceptors (Lipinski definition) is 4. The Bertz CT molecular complexity index is 800. The molecule has 1 aromatic heterocycles. The molecule has 0 spiro atoms. The van der Waals surface area contributed by atoms with Crippen molar-refractivity contribution in [2.45, 2.75) is 13.8 Å². The van der Waals surface area contributed by atoms with Crippen LogP contribution < -0.4 is 0 Å². The molecule has 3 rings (SSSR count). The Balaban J connectivity index is 1.86. The minimum Gasteiger partial charge on any atom is -0.479 e. The third kappa shape index (κ3) is 3.06. The first-order valence-corrected chi connectivity index (χ1v) is 6.99. The van der Waals surface area contributed by atoms with Crippen LogP contribution in [0.5, 0.6) is 5.95 Å². The minimum atomic E-state index is -0.230. The molecular formula is C18H16N2O2. The van der Waals surface area contributed by atoms with Crippen molar-refractivity contribution in [2.24, 2.45) is 4.99 Å². The second-order valence-corrected chi connectivity index (χ2v) is 5.17. The molecule has 0 aliphatic carbocycles. The van der Waals surface area contributed by atoms with Gasteiger partial charge in [0, 0.05) is 5.56 Å². The Morgan fingerprint density at radius 1 is 0.955 bits per heavy atom. The molecule has 1 heterocycles. The number of aromatic nitrogens is 1. The lowest BCUT2D eigenvalue weighted by molar-refractivity contribution is 0.337. The summed E-state index contributed by atoms with van der Waals surface area (Å²) in [6.07, 6.45) is 1.50. The van der Waals surface area contributed by atoms with E-state index >= 15 is 0 Å². The third-order valence-electron chi connectivity index (χ3n) is 3.30. The maximum atomic E-state index is 9.85. The van der Waals surface area contributed by atoms with Crippen LogP contribution in [0.15, 0.2) is 57.9 Å². The molecule has 0 unspecified atom stereocenters. The number of rotatable bonds is 3.